The minimum Gasteiger partial charge on any atom is -0.481 e. The van der Waals surface area contributed by atoms with Gasteiger partial charge in [-0.05, 0) is 29.8 Å². The molecule has 0 spiro atoms. The van der Waals surface area contributed by atoms with Crippen molar-refractivity contribution in [2.75, 3.05) is 5.32 Å². The highest BCUT2D eigenvalue weighted by atomic mass is 19.1. The van der Waals surface area contributed by atoms with Crippen molar-refractivity contribution in [3.63, 3.8) is 0 Å². The lowest BCUT2D eigenvalue weighted by Crippen LogP contribution is -2.41. The van der Waals surface area contributed by atoms with Gasteiger partial charge in [-0.1, -0.05) is 30.3 Å². The summed E-state index contributed by atoms with van der Waals surface area (Å²) >= 11 is 0. The Labute approximate surface area is 203 Å². The monoisotopic (exact) mass is 496 g/mol. The molecule has 11 nitrogen and oxygen atoms in total. The van der Waals surface area contributed by atoms with Crippen LogP contribution in [0.25, 0.3) is 11.4 Å². The highest BCUT2D eigenvalue weighted by molar-refractivity contribution is 5.85. The molecule has 36 heavy (non-hydrogen) atoms. The van der Waals surface area contributed by atoms with Crippen LogP contribution in [0, 0.1) is 5.82 Å². The molecule has 0 aliphatic heterocycles. The minimum atomic E-state index is -1.32. The van der Waals surface area contributed by atoms with Gasteiger partial charge in [0.15, 0.2) is 0 Å². The second kappa shape index (κ2) is 12.0. The zero-order chi connectivity index (χ0) is 26.1. The molecule has 1 heterocycles. The number of rotatable bonds is 10. The number of hydrogen-bond donors (Lipinski definition) is 3. The summed E-state index contributed by atoms with van der Waals surface area (Å²) in [7, 11) is 0. The molecule has 1 aromatic heterocycles. The van der Waals surface area contributed by atoms with Crippen molar-refractivity contribution in [2.45, 2.75) is 25.6 Å². The normalized spacial score (nSPS) is 11.2. The maximum Gasteiger partial charge on any atom is 0.412 e. The molecule has 0 saturated carbocycles. The number of ether oxygens (including phenoxy) is 1. The zero-order valence-corrected chi connectivity index (χ0v) is 18.7. The van der Waals surface area contributed by atoms with Gasteiger partial charge in [0.1, 0.15) is 36.8 Å². The van der Waals surface area contributed by atoms with Crippen LogP contribution in [-0.4, -0.2) is 45.0 Å². The number of carbonyl (C=O) groups is 4. The maximum atomic E-state index is 13.4. The Hall–Kier alpha value is -4.87. The van der Waals surface area contributed by atoms with E-state index in [1.807, 2.05) is 0 Å². The lowest BCUT2D eigenvalue weighted by atomic mass is 10.2. The summed E-state index contributed by atoms with van der Waals surface area (Å²) in [5, 5.41) is 13.3. The molecular weight excluding hydrogens is 475 g/mol. The number of anilines is 1. The number of halogens is 1. The molecule has 12 heteroatoms. The van der Waals surface area contributed by atoms with E-state index in [1.165, 1.54) is 12.1 Å². The van der Waals surface area contributed by atoms with E-state index in [2.05, 4.69) is 15.6 Å². The number of nitrogens with zero attached hydrogens (tertiary/aromatic N) is 2. The first-order valence-electron chi connectivity index (χ1n) is 10.6. The first-order valence-corrected chi connectivity index (χ1v) is 10.6. The molecule has 0 fully saturated rings. The Kier molecular flexibility index (Phi) is 8.59. The van der Waals surface area contributed by atoms with Gasteiger partial charge in [-0.15, -0.1) is 0 Å². The fourth-order valence-electron chi connectivity index (χ4n) is 3.14. The lowest BCUT2D eigenvalue weighted by Gasteiger charge is -2.16. The van der Waals surface area contributed by atoms with Crippen molar-refractivity contribution >= 4 is 29.9 Å². The first-order chi connectivity index (χ1) is 17.3. The Balaban J connectivity index is 1.86. The van der Waals surface area contributed by atoms with Gasteiger partial charge < -0.3 is 20.0 Å². The number of carbonyl (C=O) groups excluding carboxylic acids is 3. The van der Waals surface area contributed by atoms with Crippen LogP contribution in [0.1, 0.15) is 12.0 Å². The summed E-state index contributed by atoms with van der Waals surface area (Å²) in [4.78, 5) is 64.0. The van der Waals surface area contributed by atoms with Crippen LogP contribution >= 0.6 is 0 Å². The van der Waals surface area contributed by atoms with Crippen molar-refractivity contribution < 1.29 is 33.4 Å². The Morgan fingerprint density at radius 3 is 2.44 bits per heavy atom. The molecule has 0 aliphatic rings. The largest absolute Gasteiger partial charge is 0.481 e. The fourth-order valence-corrected chi connectivity index (χ4v) is 3.14. The number of aldehydes is 1. The van der Waals surface area contributed by atoms with Gasteiger partial charge in [-0.2, -0.15) is 0 Å². The number of nitrogens with one attached hydrogen (secondary N) is 2. The van der Waals surface area contributed by atoms with Crippen molar-refractivity contribution in [3.8, 4) is 11.4 Å². The van der Waals surface area contributed by atoms with Crippen LogP contribution in [0.4, 0.5) is 14.9 Å². The number of aromatic nitrogens is 2. The molecular formula is C24H21FN4O7. The summed E-state index contributed by atoms with van der Waals surface area (Å²) in [6, 6.07) is 12.5. The molecule has 3 aromatic rings. The topological polar surface area (TPSA) is 157 Å². The van der Waals surface area contributed by atoms with Crippen LogP contribution in [0.3, 0.4) is 0 Å². The zero-order valence-electron chi connectivity index (χ0n) is 18.7. The quantitative estimate of drug-likeness (QED) is 0.360. The van der Waals surface area contributed by atoms with Crippen LogP contribution in [0.15, 0.2) is 65.6 Å². The second-order valence-electron chi connectivity index (χ2n) is 7.49. The van der Waals surface area contributed by atoms with Crippen molar-refractivity contribution in [1.82, 2.24) is 14.9 Å². The first kappa shape index (κ1) is 25.7. The van der Waals surface area contributed by atoms with Gasteiger partial charge in [0.2, 0.25) is 5.91 Å². The van der Waals surface area contributed by atoms with Crippen LogP contribution in [0.5, 0.6) is 0 Å². The van der Waals surface area contributed by atoms with Gasteiger partial charge in [0, 0.05) is 5.56 Å². The van der Waals surface area contributed by atoms with E-state index in [4.69, 9.17) is 9.84 Å². The Morgan fingerprint density at radius 1 is 1.11 bits per heavy atom. The Bertz CT molecular complexity index is 1310. The average Bonchev–Trinajstić information content (AvgIpc) is 2.86. The Morgan fingerprint density at radius 2 is 1.81 bits per heavy atom. The molecule has 0 saturated heterocycles. The molecule has 186 valence electrons. The second-order valence-corrected chi connectivity index (χ2v) is 7.49. The standard InChI is InChI=1S/C24H21FN4O7/c25-17-8-6-16(7-9-17)22-26-11-19(28-24(35)36-14-15-4-2-1-3-5-15)23(34)29(22)12-20(31)27-18(13-30)10-21(32)33/h1-9,11,13,18H,10,12,14H2,(H,27,31)(H,28,35)(H,32,33). The van der Waals surface area contributed by atoms with Crippen molar-refractivity contribution in [2.24, 2.45) is 0 Å². The predicted molar refractivity (Wildman–Crippen MR) is 124 cm³/mol. The van der Waals surface area contributed by atoms with Crippen LogP contribution in [0.2, 0.25) is 0 Å². The number of hydrogen-bond acceptors (Lipinski definition) is 7. The van der Waals surface area contributed by atoms with E-state index in [-0.39, 0.29) is 30.0 Å². The third kappa shape index (κ3) is 7.06. The van der Waals surface area contributed by atoms with E-state index in [0.29, 0.717) is 0 Å². The molecule has 0 radical (unpaired) electrons. The number of aliphatic carboxylic acids is 1. The number of amides is 2. The van der Waals surface area contributed by atoms with Gasteiger partial charge in [-0.3, -0.25) is 24.3 Å². The SMILES string of the molecule is O=CC(CC(=O)O)NC(=O)Cn1c(-c2ccc(F)cc2)ncc(NC(=O)OCc2ccccc2)c1=O. The summed E-state index contributed by atoms with van der Waals surface area (Å²) in [6.45, 7) is -0.724. The molecule has 0 aliphatic carbocycles. The molecule has 2 aromatic carbocycles. The number of carboxylic acids is 1. The average molecular weight is 496 g/mol. The minimum absolute atomic E-state index is 0.0285. The van der Waals surface area contributed by atoms with E-state index in [1.54, 1.807) is 30.3 Å². The van der Waals surface area contributed by atoms with Crippen LogP contribution in [-0.2, 0) is 32.3 Å². The fraction of sp³-hybridized carbons (Fsp3) is 0.167. The van der Waals surface area contributed by atoms with Crippen molar-refractivity contribution in [1.29, 1.82) is 0 Å². The molecule has 0 bridgehead atoms. The van der Waals surface area contributed by atoms with Gasteiger partial charge in [0.25, 0.3) is 5.56 Å². The van der Waals surface area contributed by atoms with E-state index >= 15 is 0 Å². The molecule has 3 rings (SSSR count). The summed E-state index contributed by atoms with van der Waals surface area (Å²) in [5.41, 5.74) is -0.129. The smallest absolute Gasteiger partial charge is 0.412 e. The van der Waals surface area contributed by atoms with Crippen molar-refractivity contribution in [3.05, 3.63) is 82.5 Å². The highest BCUT2D eigenvalue weighted by Gasteiger charge is 2.20. The van der Waals surface area contributed by atoms with E-state index < -0.39 is 48.4 Å². The molecule has 1 atom stereocenters. The number of carboxylic acid groups (broad SMARTS) is 1. The summed E-state index contributed by atoms with van der Waals surface area (Å²) in [6.07, 6.45) is -0.264. The highest BCUT2D eigenvalue weighted by Crippen LogP contribution is 2.17. The molecule has 1 unspecified atom stereocenters. The summed E-state index contributed by atoms with van der Waals surface area (Å²) in [5.74, 6) is -2.73. The van der Waals surface area contributed by atoms with Gasteiger partial charge in [0.05, 0.1) is 18.7 Å². The predicted octanol–water partition coefficient (Wildman–Crippen LogP) is 1.96. The maximum absolute atomic E-state index is 13.4. The van der Waals surface area contributed by atoms with Gasteiger partial charge in [-0.25, -0.2) is 14.2 Å². The van der Waals surface area contributed by atoms with Crippen LogP contribution < -0.4 is 16.2 Å². The van der Waals surface area contributed by atoms with E-state index in [9.17, 15) is 28.4 Å². The van der Waals surface area contributed by atoms with E-state index in [0.717, 1.165) is 28.5 Å². The van der Waals surface area contributed by atoms with Gasteiger partial charge >= 0.3 is 12.1 Å². The molecule has 2 amide bonds. The summed E-state index contributed by atoms with van der Waals surface area (Å²) < 4.78 is 19.4. The third-order valence-corrected chi connectivity index (χ3v) is 4.81. The lowest BCUT2D eigenvalue weighted by molar-refractivity contribution is -0.138. The molecule has 3 N–H and O–H groups in total. The third-order valence-electron chi connectivity index (χ3n) is 4.81. The number of benzene rings is 2.